The van der Waals surface area contributed by atoms with Gasteiger partial charge >= 0.3 is 0 Å². The van der Waals surface area contributed by atoms with Gasteiger partial charge in [-0.25, -0.2) is 4.98 Å². The van der Waals surface area contributed by atoms with E-state index in [1.807, 2.05) is 10.6 Å². The molecule has 2 aliphatic rings. The summed E-state index contributed by atoms with van der Waals surface area (Å²) in [7, 11) is 0. The Balaban J connectivity index is 1.48. The van der Waals surface area contributed by atoms with Gasteiger partial charge in [0.05, 0.1) is 11.3 Å². The Labute approximate surface area is 224 Å². The largest absolute Gasteiger partial charge is 0.287 e. The van der Waals surface area contributed by atoms with Crippen molar-refractivity contribution in [3.63, 3.8) is 0 Å². The van der Waals surface area contributed by atoms with E-state index < -0.39 is 0 Å². The van der Waals surface area contributed by atoms with Crippen LogP contribution in [0.2, 0.25) is 0 Å². The van der Waals surface area contributed by atoms with Crippen LogP contribution in [0.25, 0.3) is 11.3 Å². The number of benzene rings is 3. The molecule has 2 aliphatic carbocycles. The van der Waals surface area contributed by atoms with Crippen molar-refractivity contribution in [1.29, 1.82) is 0 Å². The van der Waals surface area contributed by atoms with E-state index in [0.717, 1.165) is 53.4 Å². The molecule has 0 bridgehead atoms. The van der Waals surface area contributed by atoms with Crippen LogP contribution >= 0.6 is 11.8 Å². The molecule has 1 heterocycles. The number of aryl methyl sites for hydroxylation is 2. The van der Waals surface area contributed by atoms with E-state index in [1.54, 1.807) is 11.8 Å². The lowest BCUT2D eigenvalue weighted by atomic mass is 9.62. The molecule has 0 amide bonds. The molecule has 0 atom stereocenters. The summed E-state index contributed by atoms with van der Waals surface area (Å²) in [5, 5.41) is 0.839. The Bertz CT molecular complexity index is 1470. The molecule has 0 unspecified atom stereocenters. The monoisotopic (exact) mass is 506 g/mol. The van der Waals surface area contributed by atoms with E-state index in [1.165, 1.54) is 41.5 Å². The minimum Gasteiger partial charge on any atom is -0.287 e. The van der Waals surface area contributed by atoms with Gasteiger partial charge in [-0.05, 0) is 54.9 Å². The number of fused-ring (bicyclic) bond motifs is 4. The number of thioether (sulfide) groups is 1. The Morgan fingerprint density at radius 2 is 1.62 bits per heavy atom. The summed E-state index contributed by atoms with van der Waals surface area (Å²) < 4.78 is 2.00. The molecule has 0 saturated heterocycles. The first-order chi connectivity index (χ1) is 18.1. The fourth-order valence-corrected chi connectivity index (χ4v) is 7.42. The Morgan fingerprint density at radius 3 is 2.43 bits per heavy atom. The predicted molar refractivity (Wildman–Crippen MR) is 153 cm³/mol. The van der Waals surface area contributed by atoms with Crippen molar-refractivity contribution in [2.24, 2.45) is 0 Å². The van der Waals surface area contributed by atoms with Gasteiger partial charge in [-0.2, -0.15) is 0 Å². The second-order valence-electron chi connectivity index (χ2n) is 10.7. The number of rotatable bonds is 6. The number of nitrogens with zero attached hydrogens (tertiary/aromatic N) is 2. The summed E-state index contributed by atoms with van der Waals surface area (Å²) >= 11 is 1.70. The van der Waals surface area contributed by atoms with Crippen molar-refractivity contribution in [3.05, 3.63) is 117 Å². The highest BCUT2D eigenvalue weighted by Crippen LogP contribution is 2.48. The van der Waals surface area contributed by atoms with E-state index in [9.17, 15) is 4.79 Å². The second-order valence-corrected chi connectivity index (χ2v) is 11.6. The highest BCUT2D eigenvalue weighted by Gasteiger charge is 2.43. The fraction of sp³-hybridized carbons (Fsp3) is 0.333. The topological polar surface area (TPSA) is 34.9 Å². The van der Waals surface area contributed by atoms with Gasteiger partial charge < -0.3 is 0 Å². The van der Waals surface area contributed by atoms with Crippen LogP contribution in [0.1, 0.15) is 59.9 Å². The van der Waals surface area contributed by atoms with Gasteiger partial charge in [0.15, 0.2) is 5.16 Å². The first kappa shape index (κ1) is 24.2. The highest BCUT2D eigenvalue weighted by molar-refractivity contribution is 7.98. The number of hydrogen-bond acceptors (Lipinski definition) is 3. The molecule has 4 aromatic rings. The first-order valence-corrected chi connectivity index (χ1v) is 14.6. The molecule has 1 fully saturated rings. The summed E-state index contributed by atoms with van der Waals surface area (Å²) in [5.41, 5.74) is 8.34. The Hall–Kier alpha value is -3.11. The minimum atomic E-state index is -0.0836. The third-order valence-corrected chi connectivity index (χ3v) is 9.39. The van der Waals surface area contributed by atoms with Crippen LogP contribution in [-0.4, -0.2) is 9.55 Å². The van der Waals surface area contributed by atoms with Crippen LogP contribution in [-0.2, 0) is 30.6 Å². The van der Waals surface area contributed by atoms with Crippen LogP contribution in [0.5, 0.6) is 0 Å². The summed E-state index contributed by atoms with van der Waals surface area (Å²) in [6, 6.07) is 27.6. The maximum atomic E-state index is 14.5. The van der Waals surface area contributed by atoms with Gasteiger partial charge in [0.2, 0.25) is 0 Å². The second kappa shape index (κ2) is 10.3. The fourth-order valence-electron chi connectivity index (χ4n) is 6.33. The van der Waals surface area contributed by atoms with Gasteiger partial charge in [-0.1, -0.05) is 110 Å². The number of hydrogen-bond donors (Lipinski definition) is 0. The van der Waals surface area contributed by atoms with Crippen molar-refractivity contribution >= 4 is 11.8 Å². The molecular weight excluding hydrogens is 472 g/mol. The molecule has 37 heavy (non-hydrogen) atoms. The Morgan fingerprint density at radius 1 is 0.892 bits per heavy atom. The van der Waals surface area contributed by atoms with Crippen LogP contribution in [0.15, 0.2) is 88.8 Å². The minimum absolute atomic E-state index is 0.0836. The predicted octanol–water partition coefficient (Wildman–Crippen LogP) is 7.51. The van der Waals surface area contributed by atoms with Gasteiger partial charge in [0.25, 0.3) is 5.56 Å². The molecule has 3 nitrogen and oxygen atoms in total. The highest BCUT2D eigenvalue weighted by atomic mass is 32.2. The zero-order chi connectivity index (χ0) is 25.2. The van der Waals surface area contributed by atoms with Gasteiger partial charge in [0, 0.05) is 23.3 Å². The maximum Gasteiger partial charge on any atom is 0.258 e. The van der Waals surface area contributed by atoms with Crippen LogP contribution in [0.3, 0.4) is 0 Å². The lowest BCUT2D eigenvalue weighted by molar-refractivity contribution is 0.282. The van der Waals surface area contributed by atoms with E-state index in [4.69, 9.17) is 4.98 Å². The Kier molecular flexibility index (Phi) is 6.77. The quantitative estimate of drug-likeness (QED) is 0.200. The van der Waals surface area contributed by atoms with Crippen molar-refractivity contribution < 1.29 is 0 Å². The lowest BCUT2D eigenvalue weighted by Gasteiger charge is -2.42. The van der Waals surface area contributed by atoms with Crippen molar-refractivity contribution in [3.8, 4) is 11.3 Å². The molecule has 4 heteroatoms. The van der Waals surface area contributed by atoms with Crippen LogP contribution < -0.4 is 5.56 Å². The number of aromatic nitrogens is 2. The van der Waals surface area contributed by atoms with Gasteiger partial charge in [-0.15, -0.1) is 0 Å². The summed E-state index contributed by atoms with van der Waals surface area (Å²) in [6.45, 7) is 2.80. The smallest absolute Gasteiger partial charge is 0.258 e. The summed E-state index contributed by atoms with van der Waals surface area (Å²) in [4.78, 5) is 19.9. The average molecular weight is 507 g/mol. The molecule has 1 spiro atoms. The van der Waals surface area contributed by atoms with Crippen LogP contribution in [0.4, 0.5) is 0 Å². The molecule has 3 aromatic carbocycles. The van der Waals surface area contributed by atoms with Crippen molar-refractivity contribution in [1.82, 2.24) is 9.55 Å². The molecular formula is C33H34N2OS. The molecule has 6 rings (SSSR count). The molecule has 1 aromatic heterocycles. The van der Waals surface area contributed by atoms with Gasteiger partial charge in [-0.3, -0.25) is 9.36 Å². The van der Waals surface area contributed by atoms with Crippen molar-refractivity contribution in [2.75, 3.05) is 0 Å². The van der Waals surface area contributed by atoms with Gasteiger partial charge in [0.1, 0.15) is 0 Å². The first-order valence-electron chi connectivity index (χ1n) is 13.6. The summed E-state index contributed by atoms with van der Waals surface area (Å²) in [5.74, 6) is 0.802. The van der Waals surface area contributed by atoms with E-state index >= 15 is 0 Å². The molecule has 0 aliphatic heterocycles. The lowest BCUT2D eigenvalue weighted by Crippen LogP contribution is -2.43. The van der Waals surface area contributed by atoms with Crippen molar-refractivity contribution in [2.45, 2.75) is 74.7 Å². The molecule has 1 saturated carbocycles. The van der Waals surface area contributed by atoms with E-state index in [2.05, 4.69) is 79.7 Å². The standard InChI is InChI=1S/C33H34N2OS/c1-24-12-6-7-16-27(24)23-37-32-34-30-28-17-9-8-15-26(28)22-33(19-10-3-11-20-33)29(30)31(36)35(32)21-18-25-13-4-2-5-14-25/h2,4-9,12-17H,3,10-11,18-23H2,1H3. The summed E-state index contributed by atoms with van der Waals surface area (Å²) in [6.07, 6.45) is 7.59. The average Bonchev–Trinajstić information content (AvgIpc) is 2.93. The third kappa shape index (κ3) is 4.68. The third-order valence-electron chi connectivity index (χ3n) is 8.36. The SMILES string of the molecule is Cc1ccccc1CSc1nc2c(c(=O)n1CCc1ccccc1)C1(CCCCC1)Cc1ccccc1-2. The zero-order valence-electron chi connectivity index (χ0n) is 21.6. The zero-order valence-corrected chi connectivity index (χ0v) is 22.4. The maximum absolute atomic E-state index is 14.5. The normalized spacial score (nSPS) is 15.8. The van der Waals surface area contributed by atoms with Crippen LogP contribution in [0, 0.1) is 6.92 Å². The van der Waals surface area contributed by atoms with E-state index in [0.29, 0.717) is 6.54 Å². The molecule has 0 radical (unpaired) electrons. The van der Waals surface area contributed by atoms with E-state index in [-0.39, 0.29) is 11.0 Å². The molecule has 0 N–H and O–H groups in total. The molecule has 188 valence electrons.